The quantitative estimate of drug-likeness (QED) is 0.923. The Morgan fingerprint density at radius 2 is 2.00 bits per heavy atom. The largest absolute Gasteiger partial charge is 0.324 e. The zero-order valence-corrected chi connectivity index (χ0v) is 11.1. The van der Waals surface area contributed by atoms with Crippen LogP contribution in [0.3, 0.4) is 0 Å². The first-order valence-corrected chi connectivity index (χ1v) is 7.31. The van der Waals surface area contributed by atoms with E-state index in [2.05, 4.69) is 21.2 Å². The van der Waals surface area contributed by atoms with Gasteiger partial charge in [-0.3, -0.25) is 4.79 Å². The van der Waals surface area contributed by atoms with Crippen LogP contribution in [0.5, 0.6) is 0 Å². The van der Waals surface area contributed by atoms with E-state index in [4.69, 9.17) is 0 Å². The summed E-state index contributed by atoms with van der Waals surface area (Å²) >= 11 is 3.26. The number of amides is 1. The minimum absolute atomic E-state index is 0.0314. The monoisotopic (exact) mass is 305 g/mol. The molecule has 1 aromatic carbocycles. The van der Waals surface area contributed by atoms with Crippen LogP contribution >= 0.6 is 15.9 Å². The molecular weight excluding hydrogens is 294 g/mol. The number of carbonyl (C=O) groups excluding carboxylic acids is 1. The van der Waals surface area contributed by atoms with E-state index >= 15 is 0 Å². The van der Waals surface area contributed by atoms with Gasteiger partial charge < -0.3 is 5.32 Å². The Morgan fingerprint density at radius 3 is 2.56 bits per heavy atom. The Hall–Kier alpha value is -0.880. The van der Waals surface area contributed by atoms with Gasteiger partial charge in [0.2, 0.25) is 5.91 Å². The van der Waals surface area contributed by atoms with Gasteiger partial charge in [0.1, 0.15) is 5.75 Å². The molecule has 4 nitrogen and oxygen atoms in total. The topological polar surface area (TPSA) is 63.2 Å². The van der Waals surface area contributed by atoms with Gasteiger partial charge in [0, 0.05) is 10.2 Å². The predicted octanol–water partition coefficient (Wildman–Crippen LogP) is 1.82. The average molecular weight is 306 g/mol. The average Bonchev–Trinajstić information content (AvgIpc) is 2.21. The van der Waals surface area contributed by atoms with Crippen molar-refractivity contribution in [2.24, 2.45) is 0 Å². The summed E-state index contributed by atoms with van der Waals surface area (Å²) in [6, 6.07) is 7.03. The van der Waals surface area contributed by atoms with Gasteiger partial charge in [-0.05, 0) is 28.1 Å². The van der Waals surface area contributed by atoms with Crippen molar-refractivity contribution in [3.05, 3.63) is 28.7 Å². The molecule has 0 aliphatic rings. The minimum atomic E-state index is -3.28. The molecule has 0 radical (unpaired) electrons. The standard InChI is InChI=1S/C10H12BrNO3S/c1-2-16(14,15)7-10(13)12-9-6-4-3-5-8(9)11/h3-6H,2,7H2,1H3,(H,12,13). The molecule has 0 heterocycles. The van der Waals surface area contributed by atoms with E-state index < -0.39 is 21.5 Å². The number of hydrogen-bond donors (Lipinski definition) is 1. The minimum Gasteiger partial charge on any atom is -0.324 e. The number of anilines is 1. The molecule has 1 aromatic rings. The molecular formula is C10H12BrNO3S. The molecule has 0 aromatic heterocycles. The van der Waals surface area contributed by atoms with Crippen molar-refractivity contribution in [2.45, 2.75) is 6.92 Å². The Balaban J connectivity index is 2.70. The summed E-state index contributed by atoms with van der Waals surface area (Å²) in [6.45, 7) is 1.51. The zero-order chi connectivity index (χ0) is 12.2. The van der Waals surface area contributed by atoms with Crippen LogP contribution in [0.25, 0.3) is 0 Å². The summed E-state index contributed by atoms with van der Waals surface area (Å²) in [7, 11) is -3.28. The van der Waals surface area contributed by atoms with E-state index in [0.717, 1.165) is 4.47 Å². The van der Waals surface area contributed by atoms with Crippen molar-refractivity contribution in [1.29, 1.82) is 0 Å². The molecule has 0 bridgehead atoms. The zero-order valence-electron chi connectivity index (χ0n) is 8.73. The van der Waals surface area contributed by atoms with Crippen LogP contribution in [0.2, 0.25) is 0 Å². The lowest BCUT2D eigenvalue weighted by atomic mass is 10.3. The number of benzene rings is 1. The number of nitrogens with one attached hydrogen (secondary N) is 1. The van der Waals surface area contributed by atoms with Crippen LogP contribution in [-0.2, 0) is 14.6 Å². The van der Waals surface area contributed by atoms with Gasteiger partial charge in [-0.15, -0.1) is 0 Å². The van der Waals surface area contributed by atoms with Gasteiger partial charge in [0.05, 0.1) is 5.69 Å². The second kappa shape index (κ2) is 5.45. The van der Waals surface area contributed by atoms with Crippen molar-refractivity contribution >= 4 is 37.4 Å². The number of rotatable bonds is 4. The highest BCUT2D eigenvalue weighted by Gasteiger charge is 2.14. The highest BCUT2D eigenvalue weighted by atomic mass is 79.9. The first-order chi connectivity index (χ1) is 7.44. The fourth-order valence-corrected chi connectivity index (χ4v) is 2.11. The summed E-state index contributed by atoms with van der Waals surface area (Å²) in [6.07, 6.45) is 0. The molecule has 0 unspecified atom stereocenters. The van der Waals surface area contributed by atoms with Crippen LogP contribution in [0.15, 0.2) is 28.7 Å². The summed E-state index contributed by atoms with van der Waals surface area (Å²) in [5.41, 5.74) is 0.568. The number of carbonyl (C=O) groups is 1. The molecule has 0 atom stereocenters. The number of sulfone groups is 1. The highest BCUT2D eigenvalue weighted by molar-refractivity contribution is 9.10. The van der Waals surface area contributed by atoms with Crippen LogP contribution in [0.4, 0.5) is 5.69 Å². The summed E-state index contributed by atoms with van der Waals surface area (Å²) < 4.78 is 23.1. The smallest absolute Gasteiger partial charge is 0.239 e. The van der Waals surface area contributed by atoms with Crippen molar-refractivity contribution in [2.75, 3.05) is 16.8 Å². The molecule has 1 rings (SSSR count). The molecule has 0 aliphatic carbocycles. The molecule has 0 spiro atoms. The van der Waals surface area contributed by atoms with Crippen LogP contribution in [0, 0.1) is 0 Å². The lowest BCUT2D eigenvalue weighted by Crippen LogP contribution is -2.24. The van der Waals surface area contributed by atoms with E-state index in [1.807, 2.05) is 6.07 Å². The molecule has 88 valence electrons. The van der Waals surface area contributed by atoms with Crippen molar-refractivity contribution in [1.82, 2.24) is 0 Å². The Kier molecular flexibility index (Phi) is 4.49. The number of hydrogen-bond acceptors (Lipinski definition) is 3. The van der Waals surface area contributed by atoms with E-state index in [0.29, 0.717) is 5.69 Å². The number of halogens is 1. The van der Waals surface area contributed by atoms with Gasteiger partial charge in [-0.25, -0.2) is 8.42 Å². The number of para-hydroxylation sites is 1. The fourth-order valence-electron chi connectivity index (χ4n) is 1.05. The van der Waals surface area contributed by atoms with E-state index in [1.165, 1.54) is 6.92 Å². The Bertz CT molecular complexity index is 485. The van der Waals surface area contributed by atoms with Crippen LogP contribution in [-0.4, -0.2) is 25.8 Å². The molecule has 0 aliphatic heterocycles. The lowest BCUT2D eigenvalue weighted by Gasteiger charge is -2.06. The first-order valence-electron chi connectivity index (χ1n) is 4.69. The van der Waals surface area contributed by atoms with Crippen LogP contribution in [0.1, 0.15) is 6.92 Å². The Labute approximate surface area is 103 Å². The summed E-state index contributed by atoms with van der Waals surface area (Å²) in [4.78, 5) is 11.4. The molecule has 0 saturated carbocycles. The molecule has 1 amide bonds. The van der Waals surface area contributed by atoms with E-state index in [-0.39, 0.29) is 5.75 Å². The molecule has 16 heavy (non-hydrogen) atoms. The van der Waals surface area contributed by atoms with Crippen molar-refractivity contribution in [3.8, 4) is 0 Å². The molecule has 0 fully saturated rings. The summed E-state index contributed by atoms with van der Waals surface area (Å²) in [5, 5.41) is 2.54. The van der Waals surface area contributed by atoms with Gasteiger partial charge in [-0.1, -0.05) is 19.1 Å². The SMILES string of the molecule is CCS(=O)(=O)CC(=O)Nc1ccccc1Br. The maximum absolute atomic E-state index is 11.4. The third kappa shape index (κ3) is 3.94. The normalized spacial score (nSPS) is 11.1. The maximum atomic E-state index is 11.4. The van der Waals surface area contributed by atoms with Crippen LogP contribution < -0.4 is 5.32 Å². The second-order valence-corrected chi connectivity index (χ2v) is 6.41. The summed E-state index contributed by atoms with van der Waals surface area (Å²) in [5.74, 6) is -1.03. The maximum Gasteiger partial charge on any atom is 0.239 e. The molecule has 1 N–H and O–H groups in total. The highest BCUT2D eigenvalue weighted by Crippen LogP contribution is 2.20. The van der Waals surface area contributed by atoms with Gasteiger partial charge in [0.25, 0.3) is 0 Å². The second-order valence-electron chi connectivity index (χ2n) is 3.20. The van der Waals surface area contributed by atoms with Gasteiger partial charge in [0.15, 0.2) is 9.84 Å². The first kappa shape index (κ1) is 13.2. The van der Waals surface area contributed by atoms with Crippen molar-refractivity contribution in [3.63, 3.8) is 0 Å². The van der Waals surface area contributed by atoms with E-state index in [1.54, 1.807) is 18.2 Å². The molecule has 0 saturated heterocycles. The fraction of sp³-hybridized carbons (Fsp3) is 0.300. The third-order valence-corrected chi connectivity index (χ3v) is 4.21. The molecule has 6 heteroatoms. The lowest BCUT2D eigenvalue weighted by molar-refractivity contribution is -0.113. The predicted molar refractivity (Wildman–Crippen MR) is 67.1 cm³/mol. The van der Waals surface area contributed by atoms with Crippen molar-refractivity contribution < 1.29 is 13.2 Å². The third-order valence-electron chi connectivity index (χ3n) is 1.94. The van der Waals surface area contributed by atoms with Gasteiger partial charge in [-0.2, -0.15) is 0 Å². The van der Waals surface area contributed by atoms with Gasteiger partial charge >= 0.3 is 0 Å². The van der Waals surface area contributed by atoms with E-state index in [9.17, 15) is 13.2 Å². The Morgan fingerprint density at radius 1 is 1.38 bits per heavy atom.